The summed E-state index contributed by atoms with van der Waals surface area (Å²) in [5.41, 5.74) is 2.95. The van der Waals surface area contributed by atoms with E-state index in [1.165, 1.54) is 16.5 Å². The molecule has 3 rings (SSSR count). The van der Waals surface area contributed by atoms with Crippen LogP contribution >= 0.6 is 11.3 Å². The molecule has 0 saturated heterocycles. The lowest BCUT2D eigenvalue weighted by Gasteiger charge is -2.02. The molecule has 102 valence electrons. The molecule has 1 aliphatic heterocycles. The van der Waals surface area contributed by atoms with Gasteiger partial charge in [0, 0.05) is 16.2 Å². The molecule has 20 heavy (non-hydrogen) atoms. The number of fused-ring (bicyclic) bond motifs is 1. The normalized spacial score (nSPS) is 14.4. The van der Waals surface area contributed by atoms with Gasteiger partial charge in [0.1, 0.15) is 11.9 Å². The second-order valence-electron chi connectivity index (χ2n) is 4.97. The Balaban J connectivity index is 1.96. The largest absolute Gasteiger partial charge is 0.316 e. The Labute approximate surface area is 121 Å². The highest BCUT2D eigenvalue weighted by molar-refractivity contribution is 7.12. The highest BCUT2D eigenvalue weighted by Gasteiger charge is 2.19. The maximum Gasteiger partial charge on any atom is 0.123 e. The topological polar surface area (TPSA) is 35.8 Å². The van der Waals surface area contributed by atoms with Gasteiger partial charge < -0.3 is 5.32 Å². The summed E-state index contributed by atoms with van der Waals surface area (Å²) in [6.07, 6.45) is 2.54. The molecule has 0 radical (unpaired) electrons. The zero-order valence-electron chi connectivity index (χ0n) is 11.1. The predicted molar refractivity (Wildman–Crippen MR) is 78.5 cm³/mol. The van der Waals surface area contributed by atoms with Crippen LogP contribution in [0.15, 0.2) is 24.3 Å². The minimum atomic E-state index is -0.219. The fraction of sp³-hybridized carbons (Fsp3) is 0.312. The second kappa shape index (κ2) is 5.74. The van der Waals surface area contributed by atoms with E-state index in [9.17, 15) is 9.65 Å². The molecule has 0 aliphatic carbocycles. The average molecular weight is 286 g/mol. The highest BCUT2D eigenvalue weighted by atomic mass is 32.1. The van der Waals surface area contributed by atoms with Crippen LogP contribution in [-0.2, 0) is 19.3 Å². The van der Waals surface area contributed by atoms with Crippen molar-refractivity contribution in [2.45, 2.75) is 19.3 Å². The molecule has 2 nitrogen and oxygen atoms in total. The van der Waals surface area contributed by atoms with Crippen LogP contribution in [-0.4, -0.2) is 13.1 Å². The van der Waals surface area contributed by atoms with Gasteiger partial charge in [-0.15, -0.1) is 11.3 Å². The molecule has 2 aromatic rings. The number of halogens is 1. The lowest BCUT2D eigenvalue weighted by Crippen LogP contribution is -2.16. The minimum Gasteiger partial charge on any atom is -0.316 e. The molecular weight excluding hydrogens is 271 g/mol. The van der Waals surface area contributed by atoms with Crippen molar-refractivity contribution in [3.05, 3.63) is 56.5 Å². The van der Waals surface area contributed by atoms with E-state index in [4.69, 9.17) is 0 Å². The molecule has 0 bridgehead atoms. The number of thiophene rings is 1. The number of nitrogens with one attached hydrogen (secondary N) is 1. The first-order chi connectivity index (χ1) is 9.78. The summed E-state index contributed by atoms with van der Waals surface area (Å²) in [7, 11) is 0. The van der Waals surface area contributed by atoms with Crippen LogP contribution in [0.25, 0.3) is 0 Å². The van der Waals surface area contributed by atoms with Gasteiger partial charge in [-0.25, -0.2) is 4.39 Å². The van der Waals surface area contributed by atoms with Gasteiger partial charge >= 0.3 is 0 Å². The van der Waals surface area contributed by atoms with Gasteiger partial charge in [0.2, 0.25) is 0 Å². The highest BCUT2D eigenvalue weighted by Crippen LogP contribution is 2.31. The number of nitrogens with zero attached hydrogens (tertiary/aromatic N) is 1. The number of benzene rings is 1. The zero-order valence-corrected chi connectivity index (χ0v) is 11.9. The Hall–Kier alpha value is -1.70. The van der Waals surface area contributed by atoms with E-state index < -0.39 is 0 Å². The smallest absolute Gasteiger partial charge is 0.123 e. The van der Waals surface area contributed by atoms with Crippen molar-refractivity contribution in [2.24, 2.45) is 0 Å². The molecule has 0 unspecified atom stereocenters. The number of nitriles is 1. The molecule has 0 amide bonds. The molecule has 0 saturated carbocycles. The summed E-state index contributed by atoms with van der Waals surface area (Å²) in [4.78, 5) is 2.39. The summed E-state index contributed by atoms with van der Waals surface area (Å²) in [6, 6.07) is 8.99. The summed E-state index contributed by atoms with van der Waals surface area (Å²) in [6.45, 7) is 1.90. The van der Waals surface area contributed by atoms with Gasteiger partial charge in [-0.2, -0.15) is 5.26 Å². The lowest BCUT2D eigenvalue weighted by molar-refractivity contribution is 0.626. The maximum atomic E-state index is 13.3. The van der Waals surface area contributed by atoms with Crippen molar-refractivity contribution in [3.8, 4) is 6.07 Å². The van der Waals surface area contributed by atoms with E-state index in [0.717, 1.165) is 41.9 Å². The predicted octanol–water partition coefficient (Wildman–Crippen LogP) is 3.04. The van der Waals surface area contributed by atoms with Crippen molar-refractivity contribution in [1.82, 2.24) is 5.32 Å². The van der Waals surface area contributed by atoms with Gasteiger partial charge in [0.05, 0.1) is 5.56 Å². The van der Waals surface area contributed by atoms with E-state index in [1.54, 1.807) is 23.5 Å². The Morgan fingerprint density at radius 3 is 2.95 bits per heavy atom. The Morgan fingerprint density at radius 2 is 2.15 bits per heavy atom. The summed E-state index contributed by atoms with van der Waals surface area (Å²) in [5.74, 6) is -0.219. The van der Waals surface area contributed by atoms with Crippen LogP contribution in [0.3, 0.4) is 0 Å². The molecule has 1 N–H and O–H groups in total. The van der Waals surface area contributed by atoms with Crippen LogP contribution in [0, 0.1) is 17.1 Å². The molecular formula is C16H15FN2S. The van der Waals surface area contributed by atoms with E-state index >= 15 is 0 Å². The van der Waals surface area contributed by atoms with E-state index in [1.807, 2.05) is 6.07 Å². The van der Waals surface area contributed by atoms with E-state index in [2.05, 4.69) is 11.4 Å². The van der Waals surface area contributed by atoms with Crippen molar-refractivity contribution >= 4 is 11.3 Å². The molecule has 1 aromatic carbocycles. The van der Waals surface area contributed by atoms with E-state index in [-0.39, 0.29) is 5.82 Å². The minimum absolute atomic E-state index is 0.219. The van der Waals surface area contributed by atoms with Gasteiger partial charge in [-0.05, 0) is 49.2 Å². The molecule has 0 fully saturated rings. The Kier molecular flexibility index (Phi) is 3.81. The summed E-state index contributed by atoms with van der Waals surface area (Å²) >= 11 is 1.72. The quantitative estimate of drug-likeness (QED) is 0.921. The summed E-state index contributed by atoms with van der Waals surface area (Å²) in [5, 5.41) is 12.8. The van der Waals surface area contributed by atoms with Gasteiger partial charge in [0.15, 0.2) is 0 Å². The van der Waals surface area contributed by atoms with Crippen LogP contribution in [0.5, 0.6) is 0 Å². The number of hydrogen-bond donors (Lipinski definition) is 1. The van der Waals surface area contributed by atoms with E-state index in [0.29, 0.717) is 6.42 Å². The van der Waals surface area contributed by atoms with Crippen LogP contribution in [0.1, 0.15) is 26.4 Å². The molecule has 0 atom stereocenters. The molecule has 1 aromatic heterocycles. The summed E-state index contributed by atoms with van der Waals surface area (Å²) < 4.78 is 13.3. The first kappa shape index (κ1) is 13.3. The monoisotopic (exact) mass is 286 g/mol. The number of hydrogen-bond acceptors (Lipinski definition) is 3. The molecule has 2 heterocycles. The average Bonchev–Trinajstić information content (AvgIpc) is 2.60. The third-order valence-electron chi connectivity index (χ3n) is 3.61. The third kappa shape index (κ3) is 2.60. The van der Waals surface area contributed by atoms with Crippen LogP contribution < -0.4 is 5.32 Å². The van der Waals surface area contributed by atoms with Gasteiger partial charge in [0.25, 0.3) is 0 Å². The fourth-order valence-electron chi connectivity index (χ4n) is 2.66. The van der Waals surface area contributed by atoms with Crippen LogP contribution in [0.2, 0.25) is 0 Å². The molecule has 4 heteroatoms. The number of rotatable bonds is 2. The Morgan fingerprint density at radius 1 is 1.30 bits per heavy atom. The second-order valence-corrected chi connectivity index (χ2v) is 6.16. The van der Waals surface area contributed by atoms with Crippen molar-refractivity contribution < 1.29 is 4.39 Å². The molecule has 1 aliphatic rings. The van der Waals surface area contributed by atoms with Crippen molar-refractivity contribution in [1.29, 1.82) is 5.26 Å². The first-order valence-electron chi connectivity index (χ1n) is 6.76. The SMILES string of the molecule is N#Cc1c(Cc2cccc(F)c2)sc2c1CCNCC2. The van der Waals surface area contributed by atoms with Gasteiger partial charge in [-0.1, -0.05) is 12.1 Å². The molecule has 0 spiro atoms. The van der Waals surface area contributed by atoms with Crippen molar-refractivity contribution in [3.63, 3.8) is 0 Å². The third-order valence-corrected chi connectivity index (χ3v) is 4.90. The fourth-order valence-corrected chi connectivity index (χ4v) is 4.00. The van der Waals surface area contributed by atoms with Crippen molar-refractivity contribution in [2.75, 3.05) is 13.1 Å². The maximum absolute atomic E-state index is 13.3. The Bertz CT molecular complexity index is 670. The zero-order chi connectivity index (χ0) is 13.9. The van der Waals surface area contributed by atoms with Crippen LogP contribution in [0.4, 0.5) is 4.39 Å². The first-order valence-corrected chi connectivity index (χ1v) is 7.58. The standard InChI is InChI=1S/C16H15FN2S/c17-12-3-1-2-11(8-12)9-16-14(10-18)13-4-6-19-7-5-15(13)20-16/h1-3,8,19H,4-7,9H2. The lowest BCUT2D eigenvalue weighted by atomic mass is 10.0. The van der Waals surface area contributed by atoms with Gasteiger partial charge in [-0.3, -0.25) is 0 Å².